The summed E-state index contributed by atoms with van der Waals surface area (Å²) in [6.07, 6.45) is -6.67. The fourth-order valence-corrected chi connectivity index (χ4v) is 4.86. The molecule has 1 N–H and O–H groups in total. The summed E-state index contributed by atoms with van der Waals surface area (Å²) in [6.45, 7) is 4.86. The first-order valence-electron chi connectivity index (χ1n) is 12.6. The van der Waals surface area contributed by atoms with Crippen molar-refractivity contribution in [3.8, 4) is 5.75 Å². The van der Waals surface area contributed by atoms with Gasteiger partial charge in [-0.15, -0.1) is 0 Å². The Kier molecular flexibility index (Phi) is 9.10. The van der Waals surface area contributed by atoms with Crippen molar-refractivity contribution in [1.82, 2.24) is 5.43 Å². The highest BCUT2D eigenvalue weighted by atomic mass is 35.5. The Morgan fingerprint density at radius 3 is 2.16 bits per heavy atom. The van der Waals surface area contributed by atoms with Crippen LogP contribution in [0.25, 0.3) is 0 Å². The van der Waals surface area contributed by atoms with E-state index in [2.05, 4.69) is 10.6 Å². The number of rotatable bonds is 5. The van der Waals surface area contributed by atoms with Crippen LogP contribution in [0, 0.1) is 0 Å². The molecule has 1 unspecified atom stereocenters. The number of methoxy groups -OCH3 is 1. The molecule has 43 heavy (non-hydrogen) atoms. The minimum Gasteiger partial charge on any atom is -0.497 e. The molecule has 3 aromatic rings. The van der Waals surface area contributed by atoms with Gasteiger partial charge in [0.15, 0.2) is 0 Å². The Morgan fingerprint density at radius 1 is 0.977 bits per heavy atom. The molecule has 8 nitrogen and oxygen atoms in total. The third-order valence-corrected chi connectivity index (χ3v) is 6.93. The van der Waals surface area contributed by atoms with E-state index < -0.39 is 35.8 Å². The third-order valence-electron chi connectivity index (χ3n) is 6.18. The SMILES string of the molecule is COc1ccc(C(=O)NN(C(=O)OC(C)(C)C)c2cc(C3=NOC(c4cc(Cl)cc(Cl)c4)(C(F)(F)F)C3)ccc2Cl)cc1. The van der Waals surface area contributed by atoms with Gasteiger partial charge in [-0.05, 0) is 75.4 Å². The summed E-state index contributed by atoms with van der Waals surface area (Å²) in [5, 5.41) is 4.47. The van der Waals surface area contributed by atoms with E-state index in [1.165, 1.54) is 43.5 Å². The van der Waals surface area contributed by atoms with Gasteiger partial charge in [0.05, 0.1) is 23.5 Å². The van der Waals surface area contributed by atoms with Crippen molar-refractivity contribution in [1.29, 1.82) is 0 Å². The first-order chi connectivity index (χ1) is 20.0. The summed E-state index contributed by atoms with van der Waals surface area (Å²) in [7, 11) is 1.47. The van der Waals surface area contributed by atoms with Crippen molar-refractivity contribution < 1.29 is 37.1 Å². The second-order valence-electron chi connectivity index (χ2n) is 10.4. The molecule has 2 amide bonds. The zero-order valence-corrected chi connectivity index (χ0v) is 25.5. The van der Waals surface area contributed by atoms with Crippen LogP contribution >= 0.6 is 34.8 Å². The topological polar surface area (TPSA) is 89.5 Å². The van der Waals surface area contributed by atoms with E-state index in [1.807, 2.05) is 0 Å². The molecule has 0 spiro atoms. The van der Waals surface area contributed by atoms with Crippen LogP contribution in [0.1, 0.15) is 48.7 Å². The Morgan fingerprint density at radius 2 is 1.60 bits per heavy atom. The zero-order valence-electron chi connectivity index (χ0n) is 23.2. The van der Waals surface area contributed by atoms with Gasteiger partial charge in [-0.25, -0.2) is 4.79 Å². The number of carbonyl (C=O) groups is 2. The summed E-state index contributed by atoms with van der Waals surface area (Å²) >= 11 is 18.4. The largest absolute Gasteiger partial charge is 0.497 e. The summed E-state index contributed by atoms with van der Waals surface area (Å²) in [5.74, 6) is -0.198. The number of halogens is 6. The lowest BCUT2D eigenvalue weighted by Crippen LogP contribution is -2.49. The summed E-state index contributed by atoms with van der Waals surface area (Å²) in [6, 6.07) is 13.6. The molecule has 0 aromatic heterocycles. The van der Waals surface area contributed by atoms with Gasteiger partial charge in [0, 0.05) is 33.2 Å². The van der Waals surface area contributed by atoms with Crippen molar-refractivity contribution in [3.63, 3.8) is 0 Å². The van der Waals surface area contributed by atoms with Crippen molar-refractivity contribution in [2.75, 3.05) is 12.1 Å². The molecule has 0 fully saturated rings. The molecular formula is C29H25Cl3F3N3O5. The number of amides is 2. The van der Waals surface area contributed by atoms with Crippen LogP contribution in [0.2, 0.25) is 15.1 Å². The molecule has 0 radical (unpaired) electrons. The maximum atomic E-state index is 14.5. The van der Waals surface area contributed by atoms with Crippen LogP contribution in [0.3, 0.4) is 0 Å². The molecule has 228 valence electrons. The number of hydrazine groups is 1. The predicted molar refractivity (Wildman–Crippen MR) is 157 cm³/mol. The molecular weight excluding hydrogens is 634 g/mol. The number of hydrogen-bond acceptors (Lipinski definition) is 6. The van der Waals surface area contributed by atoms with E-state index >= 15 is 0 Å². The summed E-state index contributed by atoms with van der Waals surface area (Å²) in [4.78, 5) is 31.5. The van der Waals surface area contributed by atoms with Crippen LogP contribution < -0.4 is 15.2 Å². The molecule has 0 bridgehead atoms. The predicted octanol–water partition coefficient (Wildman–Crippen LogP) is 8.32. The van der Waals surface area contributed by atoms with Crippen molar-refractivity contribution in [2.24, 2.45) is 5.16 Å². The Labute approximate surface area is 260 Å². The van der Waals surface area contributed by atoms with Gasteiger partial charge in [-0.1, -0.05) is 46.0 Å². The van der Waals surface area contributed by atoms with E-state index in [9.17, 15) is 22.8 Å². The first kappa shape index (κ1) is 32.2. The molecule has 1 atom stereocenters. The number of nitrogens with zero attached hydrogens (tertiary/aromatic N) is 2. The Balaban J connectivity index is 1.72. The molecule has 1 aliphatic heterocycles. The quantitative estimate of drug-likeness (QED) is 0.279. The fraction of sp³-hybridized carbons (Fsp3) is 0.276. The van der Waals surface area contributed by atoms with Crippen LogP contribution in [0.15, 0.2) is 65.8 Å². The van der Waals surface area contributed by atoms with Gasteiger partial charge in [-0.3, -0.25) is 10.2 Å². The van der Waals surface area contributed by atoms with Crippen molar-refractivity contribution >= 4 is 58.2 Å². The minimum atomic E-state index is -4.92. The first-order valence-corrected chi connectivity index (χ1v) is 13.7. The number of ether oxygens (including phenoxy) is 2. The molecule has 3 aromatic carbocycles. The van der Waals surface area contributed by atoms with E-state index in [1.54, 1.807) is 32.9 Å². The van der Waals surface area contributed by atoms with E-state index in [0.717, 1.165) is 17.1 Å². The number of nitrogens with one attached hydrogen (secondary N) is 1. The lowest BCUT2D eigenvalue weighted by Gasteiger charge is -2.30. The maximum Gasteiger partial charge on any atom is 0.435 e. The molecule has 1 heterocycles. The number of benzene rings is 3. The molecule has 1 aliphatic rings. The van der Waals surface area contributed by atoms with Crippen LogP contribution in [-0.2, 0) is 15.2 Å². The number of hydrogen-bond donors (Lipinski definition) is 1. The molecule has 4 rings (SSSR count). The highest BCUT2D eigenvalue weighted by Crippen LogP contribution is 2.50. The highest BCUT2D eigenvalue weighted by Gasteiger charge is 2.62. The molecule has 0 saturated carbocycles. The monoisotopic (exact) mass is 657 g/mol. The molecule has 0 saturated heterocycles. The van der Waals surface area contributed by atoms with Gasteiger partial charge in [0.2, 0.25) is 0 Å². The lowest BCUT2D eigenvalue weighted by atomic mass is 9.86. The van der Waals surface area contributed by atoms with Gasteiger partial charge in [0.25, 0.3) is 11.5 Å². The zero-order chi connectivity index (χ0) is 31.7. The Hall–Kier alpha value is -3.67. The van der Waals surface area contributed by atoms with Crippen LogP contribution in [0.5, 0.6) is 5.75 Å². The van der Waals surface area contributed by atoms with Gasteiger partial charge < -0.3 is 14.3 Å². The second kappa shape index (κ2) is 12.1. The lowest BCUT2D eigenvalue weighted by molar-refractivity contribution is -0.275. The average Bonchev–Trinajstić information content (AvgIpc) is 3.38. The molecule has 0 aliphatic carbocycles. The van der Waals surface area contributed by atoms with Gasteiger partial charge >= 0.3 is 12.3 Å². The van der Waals surface area contributed by atoms with Gasteiger partial charge in [-0.2, -0.15) is 18.2 Å². The number of alkyl halides is 3. The second-order valence-corrected chi connectivity index (χ2v) is 11.7. The Bertz CT molecular complexity index is 1560. The van der Waals surface area contributed by atoms with E-state index in [-0.39, 0.29) is 43.2 Å². The normalized spacial score (nSPS) is 16.7. The van der Waals surface area contributed by atoms with Crippen LogP contribution in [-0.4, -0.2) is 36.6 Å². The van der Waals surface area contributed by atoms with E-state index in [0.29, 0.717) is 5.75 Å². The highest BCUT2D eigenvalue weighted by molar-refractivity contribution is 6.35. The van der Waals surface area contributed by atoms with Gasteiger partial charge in [0.1, 0.15) is 11.4 Å². The van der Waals surface area contributed by atoms with Crippen molar-refractivity contribution in [2.45, 2.75) is 44.6 Å². The maximum absolute atomic E-state index is 14.5. The number of anilines is 1. The van der Waals surface area contributed by atoms with Crippen molar-refractivity contribution in [3.05, 3.63) is 92.4 Å². The minimum absolute atomic E-state index is 0.0161. The third kappa shape index (κ3) is 7.11. The number of carbonyl (C=O) groups excluding carboxylic acids is 2. The summed E-state index contributed by atoms with van der Waals surface area (Å²) in [5.41, 5.74) is -1.64. The van der Waals surface area contributed by atoms with Crippen LogP contribution in [0.4, 0.5) is 23.7 Å². The summed E-state index contributed by atoms with van der Waals surface area (Å²) < 4.78 is 54.1. The van der Waals surface area contributed by atoms with E-state index in [4.69, 9.17) is 49.1 Å². The molecule has 14 heteroatoms. The standard InChI is InChI=1S/C29H25Cl3F3N3O5/c1-27(2,3)42-26(40)38(36-25(39)16-5-8-21(41-4)9-6-16)24-11-17(7-10-22(24)32)23-15-28(43-37-23,29(33,34)35)18-12-19(30)14-20(31)13-18/h5-14H,15H2,1-4H3,(H,36,39). The average molecular weight is 659 g/mol. The smallest absolute Gasteiger partial charge is 0.435 e. The number of oxime groups is 1. The fourth-order valence-electron chi connectivity index (χ4n) is 4.13.